The number of rotatable bonds is 3. The fourth-order valence-corrected chi connectivity index (χ4v) is 3.34. The molecule has 31 heavy (non-hydrogen) atoms. The number of benzene rings is 2. The summed E-state index contributed by atoms with van der Waals surface area (Å²) in [6.07, 6.45) is -2.70. The van der Waals surface area contributed by atoms with Crippen LogP contribution in [0.15, 0.2) is 66.9 Å². The van der Waals surface area contributed by atoms with Gasteiger partial charge < -0.3 is 5.32 Å². The second-order valence-corrected chi connectivity index (χ2v) is 7.35. The first-order valence-electron chi connectivity index (χ1n) is 9.20. The van der Waals surface area contributed by atoms with Crippen LogP contribution >= 0.6 is 11.6 Å². The molecule has 4 aromatic rings. The number of amides is 2. The van der Waals surface area contributed by atoms with Crippen molar-refractivity contribution in [1.82, 2.24) is 9.38 Å². The lowest BCUT2D eigenvalue weighted by Gasteiger charge is -2.12. The predicted octanol–water partition coefficient (Wildman–Crippen LogP) is 6.63. The maximum atomic E-state index is 12.9. The lowest BCUT2D eigenvalue weighted by atomic mass is 10.1. The van der Waals surface area contributed by atoms with Crippen molar-refractivity contribution in [1.29, 1.82) is 0 Å². The Morgan fingerprint density at radius 1 is 1.03 bits per heavy atom. The Balaban J connectivity index is 1.70. The first kappa shape index (κ1) is 20.7. The molecule has 2 heterocycles. The van der Waals surface area contributed by atoms with E-state index >= 15 is 0 Å². The number of anilines is 2. The number of urea groups is 1. The molecular weight excluding hydrogens is 429 g/mol. The van der Waals surface area contributed by atoms with Crippen LogP contribution in [0.3, 0.4) is 0 Å². The van der Waals surface area contributed by atoms with Gasteiger partial charge in [-0.1, -0.05) is 35.9 Å². The summed E-state index contributed by atoms with van der Waals surface area (Å²) in [5.74, 6) is 0.366. The molecule has 0 aliphatic rings. The van der Waals surface area contributed by atoms with Crippen LogP contribution in [0.2, 0.25) is 5.02 Å². The molecule has 0 aliphatic heterocycles. The van der Waals surface area contributed by atoms with Crippen molar-refractivity contribution in [3.8, 4) is 11.3 Å². The van der Waals surface area contributed by atoms with Crippen LogP contribution in [0.1, 0.15) is 11.1 Å². The predicted molar refractivity (Wildman–Crippen MR) is 114 cm³/mol. The van der Waals surface area contributed by atoms with Gasteiger partial charge in [0.25, 0.3) is 0 Å². The normalized spacial score (nSPS) is 11.5. The van der Waals surface area contributed by atoms with E-state index in [1.165, 1.54) is 12.1 Å². The number of hydrogen-bond acceptors (Lipinski definition) is 2. The van der Waals surface area contributed by atoms with Crippen molar-refractivity contribution < 1.29 is 18.0 Å². The maximum absolute atomic E-state index is 12.9. The van der Waals surface area contributed by atoms with E-state index in [1.54, 1.807) is 40.9 Å². The molecule has 9 heteroatoms. The number of fused-ring (bicyclic) bond motifs is 1. The number of halogens is 4. The number of aryl methyl sites for hydroxylation is 1. The summed E-state index contributed by atoms with van der Waals surface area (Å²) in [7, 11) is 0. The third-order valence-corrected chi connectivity index (χ3v) is 4.78. The van der Waals surface area contributed by atoms with E-state index < -0.39 is 17.8 Å². The summed E-state index contributed by atoms with van der Waals surface area (Å²) >= 11 is 6.11. The SMILES string of the molecule is Cc1ccc2nc(-c3cccc(Cl)c3)c(NC(=O)Nc3cccc(C(F)(F)F)c3)n2c1. The number of carbonyl (C=O) groups is 1. The molecule has 2 aromatic carbocycles. The molecule has 0 spiro atoms. The van der Waals surface area contributed by atoms with Gasteiger partial charge in [-0.25, -0.2) is 9.78 Å². The number of alkyl halides is 3. The summed E-state index contributed by atoms with van der Waals surface area (Å²) < 4.78 is 40.5. The number of hydrogen-bond donors (Lipinski definition) is 2. The molecule has 2 aromatic heterocycles. The van der Waals surface area contributed by atoms with E-state index in [4.69, 9.17) is 11.6 Å². The maximum Gasteiger partial charge on any atom is 0.416 e. The highest BCUT2D eigenvalue weighted by atomic mass is 35.5. The molecule has 0 bridgehead atoms. The molecule has 2 N–H and O–H groups in total. The van der Waals surface area contributed by atoms with E-state index in [0.29, 0.717) is 27.7 Å². The molecule has 0 fully saturated rings. The Kier molecular flexibility index (Phi) is 5.32. The van der Waals surface area contributed by atoms with E-state index in [9.17, 15) is 18.0 Å². The zero-order chi connectivity index (χ0) is 22.2. The van der Waals surface area contributed by atoms with Gasteiger partial charge in [0.15, 0.2) is 0 Å². The van der Waals surface area contributed by atoms with Crippen molar-refractivity contribution in [2.45, 2.75) is 13.1 Å². The Labute approximate surface area is 180 Å². The van der Waals surface area contributed by atoms with Crippen LogP contribution in [0.25, 0.3) is 16.9 Å². The Hall–Kier alpha value is -3.52. The number of nitrogens with one attached hydrogen (secondary N) is 2. The van der Waals surface area contributed by atoms with Gasteiger partial charge in [-0.15, -0.1) is 0 Å². The average Bonchev–Trinajstić information content (AvgIpc) is 3.05. The van der Waals surface area contributed by atoms with Gasteiger partial charge >= 0.3 is 12.2 Å². The fraction of sp³-hybridized carbons (Fsp3) is 0.0909. The van der Waals surface area contributed by atoms with Crippen LogP contribution in [0.4, 0.5) is 29.5 Å². The molecule has 0 aliphatic carbocycles. The smallest absolute Gasteiger partial charge is 0.308 e. The fourth-order valence-electron chi connectivity index (χ4n) is 3.15. The zero-order valence-corrected chi connectivity index (χ0v) is 16.9. The number of aromatic nitrogens is 2. The van der Waals surface area contributed by atoms with Crippen LogP contribution in [-0.4, -0.2) is 15.4 Å². The van der Waals surface area contributed by atoms with E-state index in [2.05, 4.69) is 15.6 Å². The average molecular weight is 445 g/mol. The van der Waals surface area contributed by atoms with Crippen LogP contribution in [0.5, 0.6) is 0 Å². The minimum absolute atomic E-state index is 0.0154. The zero-order valence-electron chi connectivity index (χ0n) is 16.2. The Morgan fingerprint density at radius 3 is 2.55 bits per heavy atom. The molecule has 2 amide bonds. The van der Waals surface area contributed by atoms with Gasteiger partial charge in [0.1, 0.15) is 17.2 Å². The summed E-state index contributed by atoms with van der Waals surface area (Å²) in [4.78, 5) is 17.2. The van der Waals surface area contributed by atoms with E-state index in [1.807, 2.05) is 13.0 Å². The van der Waals surface area contributed by atoms with Crippen molar-refractivity contribution >= 4 is 34.8 Å². The van der Waals surface area contributed by atoms with Crippen molar-refractivity contribution in [3.05, 3.63) is 83.0 Å². The van der Waals surface area contributed by atoms with Gasteiger partial charge in [-0.05, 0) is 48.9 Å². The van der Waals surface area contributed by atoms with Crippen LogP contribution in [-0.2, 0) is 6.18 Å². The topological polar surface area (TPSA) is 58.4 Å². The lowest BCUT2D eigenvalue weighted by Crippen LogP contribution is -2.21. The summed E-state index contributed by atoms with van der Waals surface area (Å²) in [6.45, 7) is 1.89. The van der Waals surface area contributed by atoms with Gasteiger partial charge in [-0.3, -0.25) is 9.72 Å². The minimum atomic E-state index is -4.51. The highest BCUT2D eigenvalue weighted by Gasteiger charge is 2.30. The second kappa shape index (κ2) is 7.96. The second-order valence-electron chi connectivity index (χ2n) is 6.91. The van der Waals surface area contributed by atoms with Crippen molar-refractivity contribution in [2.24, 2.45) is 0 Å². The molecular formula is C22H16ClF3N4O. The number of carbonyl (C=O) groups excluding carboxylic acids is 1. The molecule has 0 atom stereocenters. The molecule has 158 valence electrons. The number of nitrogens with zero attached hydrogens (tertiary/aromatic N) is 2. The van der Waals surface area contributed by atoms with E-state index in [0.717, 1.165) is 17.7 Å². The van der Waals surface area contributed by atoms with Crippen molar-refractivity contribution in [3.63, 3.8) is 0 Å². The van der Waals surface area contributed by atoms with Crippen LogP contribution in [0, 0.1) is 6.92 Å². The Morgan fingerprint density at radius 2 is 1.81 bits per heavy atom. The van der Waals surface area contributed by atoms with Gasteiger partial charge in [-0.2, -0.15) is 13.2 Å². The minimum Gasteiger partial charge on any atom is -0.308 e. The monoisotopic (exact) mass is 444 g/mol. The highest BCUT2D eigenvalue weighted by Crippen LogP contribution is 2.32. The van der Waals surface area contributed by atoms with E-state index in [-0.39, 0.29) is 5.69 Å². The molecule has 0 radical (unpaired) electrons. The lowest BCUT2D eigenvalue weighted by molar-refractivity contribution is -0.137. The number of pyridine rings is 1. The van der Waals surface area contributed by atoms with Gasteiger partial charge in [0.05, 0.1) is 5.56 Å². The summed E-state index contributed by atoms with van der Waals surface area (Å²) in [5.41, 5.74) is 1.85. The highest BCUT2D eigenvalue weighted by molar-refractivity contribution is 6.30. The molecule has 0 saturated heterocycles. The van der Waals surface area contributed by atoms with Gasteiger partial charge in [0, 0.05) is 22.5 Å². The molecule has 0 unspecified atom stereocenters. The first-order valence-corrected chi connectivity index (χ1v) is 9.58. The summed E-state index contributed by atoms with van der Waals surface area (Å²) in [5, 5.41) is 5.66. The number of imidazole rings is 1. The van der Waals surface area contributed by atoms with Crippen molar-refractivity contribution in [2.75, 3.05) is 10.6 Å². The first-order chi connectivity index (χ1) is 14.7. The van der Waals surface area contributed by atoms with Crippen LogP contribution < -0.4 is 10.6 Å². The molecule has 5 nitrogen and oxygen atoms in total. The molecule has 0 saturated carbocycles. The molecule has 4 rings (SSSR count). The quantitative estimate of drug-likeness (QED) is 0.373. The standard InChI is InChI=1S/C22H16ClF3N4O/c1-13-8-9-18-28-19(14-4-2-6-16(23)10-14)20(30(18)12-13)29-21(31)27-17-7-3-5-15(11-17)22(24,25)26/h2-12H,1H3,(H2,27,29,31). The Bertz CT molecular complexity index is 1280. The third kappa shape index (κ3) is 4.49. The third-order valence-electron chi connectivity index (χ3n) is 4.54. The van der Waals surface area contributed by atoms with Gasteiger partial charge in [0.2, 0.25) is 0 Å². The largest absolute Gasteiger partial charge is 0.416 e. The summed E-state index contributed by atoms with van der Waals surface area (Å²) in [6, 6.07) is 14.4.